The molecular formula is C9H20O5. The lowest BCUT2D eigenvalue weighted by molar-refractivity contribution is -0.200. The van der Waals surface area contributed by atoms with Crippen molar-refractivity contribution in [3.05, 3.63) is 0 Å². The van der Waals surface area contributed by atoms with Crippen LogP contribution in [0.1, 0.15) is 20.8 Å². The maximum Gasteiger partial charge on any atom is 0.111 e. The first-order valence-electron chi connectivity index (χ1n) is 4.87. The zero-order chi connectivity index (χ0) is 11.5. The van der Waals surface area contributed by atoms with Crippen molar-refractivity contribution in [3.8, 4) is 0 Å². The van der Waals surface area contributed by atoms with Gasteiger partial charge in [-0.2, -0.15) is 0 Å². The quantitative estimate of drug-likeness (QED) is 0.332. The first kappa shape index (κ1) is 13.8. The molecule has 0 saturated heterocycles. The maximum atomic E-state index is 9.22. The van der Waals surface area contributed by atoms with E-state index in [-0.39, 0.29) is 0 Å². The summed E-state index contributed by atoms with van der Waals surface area (Å²) in [7, 11) is 0. The lowest BCUT2D eigenvalue weighted by Crippen LogP contribution is -2.60. The summed E-state index contributed by atoms with van der Waals surface area (Å²) >= 11 is 0. The molecule has 1 rings (SSSR count). The number of hydrogen-bond acceptors (Lipinski definition) is 5. The third kappa shape index (κ3) is 2.43. The summed E-state index contributed by atoms with van der Waals surface area (Å²) in [6.07, 6.45) is -6.65. The van der Waals surface area contributed by atoms with Crippen LogP contribution in [0.25, 0.3) is 0 Å². The number of aliphatic hydroxyl groups excluding tert-OH is 5. The molecule has 0 aromatic rings. The van der Waals surface area contributed by atoms with E-state index in [0.29, 0.717) is 0 Å². The summed E-state index contributed by atoms with van der Waals surface area (Å²) in [5.74, 6) is -0.640. The topological polar surface area (TPSA) is 101 Å². The van der Waals surface area contributed by atoms with E-state index in [9.17, 15) is 10.2 Å². The highest BCUT2D eigenvalue weighted by Crippen LogP contribution is 2.25. The molecule has 0 amide bonds. The van der Waals surface area contributed by atoms with Crippen molar-refractivity contribution in [3.63, 3.8) is 0 Å². The monoisotopic (exact) mass is 208 g/mol. The van der Waals surface area contributed by atoms with Crippen LogP contribution >= 0.6 is 0 Å². The molecule has 1 saturated carbocycles. The Hall–Kier alpha value is -0.200. The van der Waals surface area contributed by atoms with Gasteiger partial charge in [0.1, 0.15) is 18.3 Å². The highest BCUT2D eigenvalue weighted by atomic mass is 16.4. The lowest BCUT2D eigenvalue weighted by atomic mass is 9.80. The fourth-order valence-electron chi connectivity index (χ4n) is 1.43. The van der Waals surface area contributed by atoms with Gasteiger partial charge in [-0.25, -0.2) is 0 Å². The van der Waals surface area contributed by atoms with E-state index in [1.807, 2.05) is 13.8 Å². The zero-order valence-electron chi connectivity index (χ0n) is 8.70. The van der Waals surface area contributed by atoms with Gasteiger partial charge in [0, 0.05) is 5.92 Å². The van der Waals surface area contributed by atoms with Crippen molar-refractivity contribution in [2.45, 2.75) is 51.3 Å². The molecule has 0 aliphatic heterocycles. The lowest BCUT2D eigenvalue weighted by Gasteiger charge is -2.40. The molecule has 0 aromatic carbocycles. The van der Waals surface area contributed by atoms with Gasteiger partial charge in [0.15, 0.2) is 0 Å². The van der Waals surface area contributed by atoms with E-state index < -0.39 is 36.4 Å². The molecule has 5 heteroatoms. The molecule has 4 unspecified atom stereocenters. The smallest absolute Gasteiger partial charge is 0.111 e. The summed E-state index contributed by atoms with van der Waals surface area (Å²) in [6.45, 7) is 5.49. The van der Waals surface area contributed by atoms with Crippen LogP contribution in [0.15, 0.2) is 0 Å². The SMILES string of the molecule is CC.CC1C(O)C(O)C(O)C(O)C1O. The molecule has 1 aliphatic rings. The summed E-state index contributed by atoms with van der Waals surface area (Å²) in [5.41, 5.74) is 0. The Morgan fingerprint density at radius 2 is 0.786 bits per heavy atom. The summed E-state index contributed by atoms with van der Waals surface area (Å²) in [4.78, 5) is 0. The molecule has 0 radical (unpaired) electrons. The molecule has 0 aromatic heterocycles. The molecule has 1 aliphatic carbocycles. The Labute approximate surface area is 83.6 Å². The Morgan fingerprint density at radius 1 is 0.571 bits per heavy atom. The molecule has 1 fully saturated rings. The van der Waals surface area contributed by atoms with Gasteiger partial charge >= 0.3 is 0 Å². The average molecular weight is 208 g/mol. The van der Waals surface area contributed by atoms with Crippen LogP contribution in [0.4, 0.5) is 0 Å². The highest BCUT2D eigenvalue weighted by Gasteiger charge is 2.45. The number of hydrogen-bond donors (Lipinski definition) is 5. The summed E-state index contributed by atoms with van der Waals surface area (Å²) in [5, 5.41) is 45.8. The fraction of sp³-hybridized carbons (Fsp3) is 1.00. The molecule has 0 heterocycles. The Kier molecular flexibility index (Phi) is 5.54. The van der Waals surface area contributed by atoms with Gasteiger partial charge in [-0.3, -0.25) is 0 Å². The van der Waals surface area contributed by atoms with Gasteiger partial charge in [-0.05, 0) is 0 Å². The van der Waals surface area contributed by atoms with Crippen LogP contribution in [-0.2, 0) is 0 Å². The van der Waals surface area contributed by atoms with E-state index in [1.165, 1.54) is 6.92 Å². The van der Waals surface area contributed by atoms with E-state index in [4.69, 9.17) is 15.3 Å². The van der Waals surface area contributed by atoms with Crippen LogP contribution in [0.5, 0.6) is 0 Å². The third-order valence-corrected chi connectivity index (χ3v) is 2.48. The molecule has 5 nitrogen and oxygen atoms in total. The van der Waals surface area contributed by atoms with Crippen LogP contribution < -0.4 is 0 Å². The van der Waals surface area contributed by atoms with Crippen molar-refractivity contribution in [1.29, 1.82) is 0 Å². The van der Waals surface area contributed by atoms with Crippen molar-refractivity contribution < 1.29 is 25.5 Å². The van der Waals surface area contributed by atoms with Crippen LogP contribution in [-0.4, -0.2) is 56.1 Å². The molecule has 0 bridgehead atoms. The molecule has 86 valence electrons. The number of rotatable bonds is 0. The van der Waals surface area contributed by atoms with Crippen LogP contribution in [0.3, 0.4) is 0 Å². The largest absolute Gasteiger partial charge is 0.390 e. The molecule has 14 heavy (non-hydrogen) atoms. The van der Waals surface area contributed by atoms with Gasteiger partial charge in [0.2, 0.25) is 0 Å². The molecule has 0 spiro atoms. The Morgan fingerprint density at radius 3 is 1.07 bits per heavy atom. The molecule has 4 atom stereocenters. The van der Waals surface area contributed by atoms with E-state index in [1.54, 1.807) is 0 Å². The van der Waals surface area contributed by atoms with Gasteiger partial charge in [0.05, 0.1) is 12.2 Å². The highest BCUT2D eigenvalue weighted by molar-refractivity contribution is 4.96. The van der Waals surface area contributed by atoms with Gasteiger partial charge in [0.25, 0.3) is 0 Å². The normalized spacial score (nSPS) is 48.0. The first-order chi connectivity index (χ1) is 6.46. The van der Waals surface area contributed by atoms with Crippen molar-refractivity contribution in [1.82, 2.24) is 0 Å². The minimum Gasteiger partial charge on any atom is -0.390 e. The zero-order valence-corrected chi connectivity index (χ0v) is 8.70. The van der Waals surface area contributed by atoms with E-state index in [2.05, 4.69) is 0 Å². The van der Waals surface area contributed by atoms with Crippen molar-refractivity contribution in [2.75, 3.05) is 0 Å². The minimum absolute atomic E-state index is 0.640. The molecule has 5 N–H and O–H groups in total. The predicted octanol–water partition coefficient (Wildman–Crippen LogP) is -1.53. The van der Waals surface area contributed by atoms with Gasteiger partial charge in [-0.15, -0.1) is 0 Å². The Balaban J connectivity index is 0.000000791. The van der Waals surface area contributed by atoms with Gasteiger partial charge in [-0.1, -0.05) is 20.8 Å². The van der Waals surface area contributed by atoms with Crippen LogP contribution in [0, 0.1) is 5.92 Å². The second-order valence-corrected chi connectivity index (χ2v) is 3.31. The van der Waals surface area contributed by atoms with E-state index >= 15 is 0 Å². The standard InChI is InChI=1S/C7H14O5.C2H6/c1-2-3(8)5(10)7(12)6(11)4(2)9;1-2/h2-12H,1H3;1-2H3. The fourth-order valence-corrected chi connectivity index (χ4v) is 1.43. The second-order valence-electron chi connectivity index (χ2n) is 3.31. The second kappa shape index (κ2) is 5.63. The first-order valence-corrected chi connectivity index (χ1v) is 4.87. The summed E-state index contributed by atoms with van der Waals surface area (Å²) in [6, 6.07) is 0. The minimum atomic E-state index is -1.48. The average Bonchev–Trinajstić information content (AvgIpc) is 2.24. The number of aliphatic hydroxyl groups is 5. The van der Waals surface area contributed by atoms with Crippen molar-refractivity contribution in [2.24, 2.45) is 5.92 Å². The van der Waals surface area contributed by atoms with Crippen molar-refractivity contribution >= 4 is 0 Å². The third-order valence-electron chi connectivity index (χ3n) is 2.48. The summed E-state index contributed by atoms with van der Waals surface area (Å²) < 4.78 is 0. The maximum absolute atomic E-state index is 9.22. The van der Waals surface area contributed by atoms with Gasteiger partial charge < -0.3 is 25.5 Å². The Bertz CT molecular complexity index is 105. The van der Waals surface area contributed by atoms with E-state index in [0.717, 1.165) is 0 Å². The van der Waals surface area contributed by atoms with Crippen LogP contribution in [0.2, 0.25) is 0 Å². The predicted molar refractivity (Wildman–Crippen MR) is 50.5 cm³/mol. The molecular weight excluding hydrogens is 188 g/mol.